The number of rotatable bonds is 1. The lowest BCUT2D eigenvalue weighted by molar-refractivity contribution is 0.456. The molecule has 0 saturated carbocycles. The summed E-state index contributed by atoms with van der Waals surface area (Å²) in [5.74, 6) is 0. The summed E-state index contributed by atoms with van der Waals surface area (Å²) in [4.78, 5) is 9.93. The van der Waals surface area contributed by atoms with E-state index in [1.165, 1.54) is 0 Å². The van der Waals surface area contributed by atoms with Crippen LogP contribution in [0.4, 0.5) is 0 Å². The minimum atomic E-state index is -0.0799. The van der Waals surface area contributed by atoms with Gasteiger partial charge in [0.25, 0.3) is 0 Å². The predicted molar refractivity (Wildman–Crippen MR) is 30.4 cm³/mol. The minimum Gasteiger partial charge on any atom is -0.313 e. The maximum Gasteiger partial charge on any atom is 0.218 e. The van der Waals surface area contributed by atoms with E-state index in [0.717, 1.165) is 19.6 Å². The molecule has 2 N–H and O–H groups in total. The Morgan fingerprint density at radius 1 is 1.50 bits per heavy atom. The van der Waals surface area contributed by atoms with Crippen molar-refractivity contribution in [3.63, 3.8) is 0 Å². The van der Waals surface area contributed by atoms with E-state index in [0.29, 0.717) is 0 Å². The van der Waals surface area contributed by atoms with Crippen LogP contribution < -0.4 is 10.6 Å². The Morgan fingerprint density at radius 2 is 2.38 bits per heavy atom. The van der Waals surface area contributed by atoms with Gasteiger partial charge in [0.2, 0.25) is 6.29 Å². The van der Waals surface area contributed by atoms with Crippen molar-refractivity contribution in [1.82, 2.24) is 10.6 Å². The monoisotopic (exact) mass is 113 g/mol. The summed E-state index contributed by atoms with van der Waals surface area (Å²) >= 11 is 0. The van der Waals surface area contributed by atoms with Crippen molar-refractivity contribution in [3.8, 4) is 0 Å². The van der Waals surface area contributed by atoms with Crippen molar-refractivity contribution in [2.45, 2.75) is 6.04 Å². The molecule has 45 valence electrons. The Bertz CT molecular complexity index is 78.5. The fourth-order valence-electron chi connectivity index (χ4n) is 0.737. The third kappa shape index (κ3) is 1.28. The molecule has 0 aromatic rings. The van der Waals surface area contributed by atoms with Crippen molar-refractivity contribution in [1.29, 1.82) is 0 Å². The minimum absolute atomic E-state index is 0.0799. The fraction of sp³-hybridized carbons (Fsp3) is 0.800. The lowest BCUT2D eigenvalue weighted by Crippen LogP contribution is -2.48. The Kier molecular flexibility index (Phi) is 2.00. The van der Waals surface area contributed by atoms with Crippen molar-refractivity contribution in [3.05, 3.63) is 0 Å². The average Bonchev–Trinajstić information content (AvgIpc) is 1.90. The van der Waals surface area contributed by atoms with Gasteiger partial charge in [-0.05, 0) is 0 Å². The van der Waals surface area contributed by atoms with E-state index in [4.69, 9.17) is 0 Å². The number of hydrogen-bond donors (Lipinski definition) is 2. The van der Waals surface area contributed by atoms with Gasteiger partial charge in [0.1, 0.15) is 0 Å². The molecule has 0 aromatic carbocycles. The molecule has 3 nitrogen and oxygen atoms in total. The maximum atomic E-state index is 9.93. The van der Waals surface area contributed by atoms with E-state index >= 15 is 0 Å². The molecule has 0 aromatic heterocycles. The second kappa shape index (κ2) is 2.79. The summed E-state index contributed by atoms with van der Waals surface area (Å²) in [7, 11) is 0. The predicted octanol–water partition coefficient (Wildman–Crippen LogP) is -1.34. The van der Waals surface area contributed by atoms with Crippen LogP contribution >= 0.6 is 0 Å². The Morgan fingerprint density at radius 3 is 2.75 bits per heavy atom. The summed E-state index contributed by atoms with van der Waals surface area (Å²) in [6, 6.07) is -0.0799. The number of piperazine rings is 1. The van der Waals surface area contributed by atoms with Crippen molar-refractivity contribution < 1.29 is 4.79 Å². The molecule has 1 radical (unpaired) electrons. The molecular weight excluding hydrogens is 104 g/mol. The molecule has 0 spiro atoms. The van der Waals surface area contributed by atoms with Crippen LogP contribution in [-0.2, 0) is 4.79 Å². The molecule has 1 fully saturated rings. The lowest BCUT2D eigenvalue weighted by Gasteiger charge is -2.18. The summed E-state index contributed by atoms with van der Waals surface area (Å²) < 4.78 is 0. The van der Waals surface area contributed by atoms with E-state index in [2.05, 4.69) is 10.6 Å². The highest BCUT2D eigenvalue weighted by molar-refractivity contribution is 5.59. The Labute approximate surface area is 48.5 Å². The SMILES string of the molecule is O=[C][C@@H]1CNCCN1. The van der Waals surface area contributed by atoms with Gasteiger partial charge in [0.15, 0.2) is 0 Å². The lowest BCUT2D eigenvalue weighted by atomic mass is 10.3. The van der Waals surface area contributed by atoms with Gasteiger partial charge >= 0.3 is 0 Å². The third-order valence-corrected chi connectivity index (χ3v) is 1.18. The van der Waals surface area contributed by atoms with Gasteiger partial charge in [-0.15, -0.1) is 0 Å². The highest BCUT2D eigenvalue weighted by Gasteiger charge is 2.09. The second-order valence-electron chi connectivity index (χ2n) is 1.83. The van der Waals surface area contributed by atoms with E-state index in [-0.39, 0.29) is 6.04 Å². The maximum absolute atomic E-state index is 9.93. The largest absolute Gasteiger partial charge is 0.313 e. The molecule has 1 aliphatic heterocycles. The van der Waals surface area contributed by atoms with Gasteiger partial charge in [-0.1, -0.05) is 0 Å². The van der Waals surface area contributed by atoms with Crippen LogP contribution in [0.1, 0.15) is 0 Å². The van der Waals surface area contributed by atoms with Crippen LogP contribution in [0, 0.1) is 0 Å². The van der Waals surface area contributed by atoms with E-state index in [1.54, 1.807) is 0 Å². The van der Waals surface area contributed by atoms with Gasteiger partial charge in [0.05, 0.1) is 6.04 Å². The molecule has 8 heavy (non-hydrogen) atoms. The summed E-state index contributed by atoms with van der Waals surface area (Å²) in [5.41, 5.74) is 0. The molecule has 1 heterocycles. The van der Waals surface area contributed by atoms with Crippen molar-refractivity contribution in [2.75, 3.05) is 19.6 Å². The fourth-order valence-corrected chi connectivity index (χ4v) is 0.737. The zero-order valence-electron chi connectivity index (χ0n) is 4.61. The number of nitrogens with one attached hydrogen (secondary N) is 2. The highest BCUT2D eigenvalue weighted by atomic mass is 16.1. The first-order valence-corrected chi connectivity index (χ1v) is 2.75. The Hall–Kier alpha value is -0.410. The van der Waals surface area contributed by atoms with Crippen LogP contribution in [0.2, 0.25) is 0 Å². The van der Waals surface area contributed by atoms with E-state index in [9.17, 15) is 4.79 Å². The topological polar surface area (TPSA) is 41.1 Å². The molecule has 3 heteroatoms. The number of carbonyl (C=O) groups excluding carboxylic acids is 1. The molecule has 0 bridgehead atoms. The molecule has 1 aliphatic rings. The van der Waals surface area contributed by atoms with Crippen LogP contribution in [0.5, 0.6) is 0 Å². The smallest absolute Gasteiger partial charge is 0.218 e. The van der Waals surface area contributed by atoms with Gasteiger partial charge in [0, 0.05) is 19.6 Å². The molecular formula is C5H9N2O. The van der Waals surface area contributed by atoms with Gasteiger partial charge in [-0.3, -0.25) is 4.79 Å². The second-order valence-corrected chi connectivity index (χ2v) is 1.83. The molecule has 0 aliphatic carbocycles. The van der Waals surface area contributed by atoms with Crippen molar-refractivity contribution >= 4 is 6.29 Å². The zero-order valence-corrected chi connectivity index (χ0v) is 4.61. The first kappa shape index (κ1) is 5.72. The quantitative estimate of drug-likeness (QED) is 0.442. The van der Waals surface area contributed by atoms with Gasteiger partial charge in [-0.2, -0.15) is 0 Å². The number of hydrogen-bond acceptors (Lipinski definition) is 3. The zero-order chi connectivity index (χ0) is 5.82. The molecule has 1 atom stereocenters. The van der Waals surface area contributed by atoms with Crippen molar-refractivity contribution in [2.24, 2.45) is 0 Å². The highest BCUT2D eigenvalue weighted by Crippen LogP contribution is 1.79. The van der Waals surface area contributed by atoms with Gasteiger partial charge in [-0.25, -0.2) is 0 Å². The molecule has 0 amide bonds. The van der Waals surface area contributed by atoms with Gasteiger partial charge < -0.3 is 10.6 Å². The standard InChI is InChI=1S/C5H9N2O/c8-4-5-3-6-1-2-7-5/h5-7H,1-3H2/t5-/m0/s1. The van der Waals surface area contributed by atoms with E-state index in [1.807, 2.05) is 6.29 Å². The molecule has 1 saturated heterocycles. The Balaban J connectivity index is 2.22. The van der Waals surface area contributed by atoms with Crippen LogP contribution in [-0.4, -0.2) is 32.0 Å². The summed E-state index contributed by atoms with van der Waals surface area (Å²) in [6.45, 7) is 2.56. The first-order valence-electron chi connectivity index (χ1n) is 2.75. The average molecular weight is 113 g/mol. The summed E-state index contributed by atoms with van der Waals surface area (Å²) in [6.07, 6.45) is 1.88. The first-order chi connectivity index (χ1) is 3.93. The molecule has 0 unspecified atom stereocenters. The third-order valence-electron chi connectivity index (χ3n) is 1.18. The van der Waals surface area contributed by atoms with Crippen LogP contribution in [0.3, 0.4) is 0 Å². The normalized spacial score (nSPS) is 29.8. The summed E-state index contributed by atoms with van der Waals surface area (Å²) in [5, 5.41) is 6.04. The van der Waals surface area contributed by atoms with Crippen LogP contribution in [0.25, 0.3) is 0 Å². The van der Waals surface area contributed by atoms with Crippen LogP contribution in [0.15, 0.2) is 0 Å². The molecule has 1 rings (SSSR count). The van der Waals surface area contributed by atoms with E-state index < -0.39 is 0 Å².